The molecule has 0 radical (unpaired) electrons. The molecule has 1 fully saturated rings. The third-order valence-electron chi connectivity index (χ3n) is 6.57. The first-order valence-corrected chi connectivity index (χ1v) is 11.4. The normalized spacial score (nSPS) is 24.9. The van der Waals surface area contributed by atoms with Gasteiger partial charge in [-0.3, -0.25) is 4.79 Å². The molecule has 0 unspecified atom stereocenters. The van der Waals surface area contributed by atoms with Crippen LogP contribution in [-0.4, -0.2) is 39.6 Å². The monoisotopic (exact) mass is 526 g/mol. The van der Waals surface area contributed by atoms with Crippen LogP contribution in [0.25, 0.3) is 10.9 Å². The second-order valence-electron chi connectivity index (χ2n) is 9.49. The van der Waals surface area contributed by atoms with Gasteiger partial charge < -0.3 is 24.3 Å². The van der Waals surface area contributed by atoms with Crippen LogP contribution in [0.4, 0.5) is 13.2 Å². The average molecular weight is 527 g/mol. The Morgan fingerprint density at radius 1 is 1.27 bits per heavy atom. The van der Waals surface area contributed by atoms with E-state index < -0.39 is 114 Å². The number of aliphatic hydroxyl groups excluding tert-OH is 2. The second-order valence-corrected chi connectivity index (χ2v) is 9.49. The third kappa shape index (κ3) is 4.48. The summed E-state index contributed by atoms with van der Waals surface area (Å²) in [5, 5.41) is 19.4. The minimum atomic E-state index is -4.06. The van der Waals surface area contributed by atoms with Crippen LogP contribution >= 0.6 is 0 Å². The van der Waals surface area contributed by atoms with Crippen molar-refractivity contribution in [1.82, 2.24) is 4.57 Å². The maximum atomic E-state index is 16.1. The van der Waals surface area contributed by atoms with E-state index in [1.54, 1.807) is 0 Å². The quantitative estimate of drug-likeness (QED) is 0.411. The summed E-state index contributed by atoms with van der Waals surface area (Å²) in [6, 6.07) is 0.549. The van der Waals surface area contributed by atoms with Gasteiger partial charge in [0.15, 0.2) is 11.5 Å². The zero-order valence-electron chi connectivity index (χ0n) is 29.1. The number of alkyl halides is 2. The van der Waals surface area contributed by atoms with Crippen molar-refractivity contribution in [1.29, 1.82) is 0 Å². The molecule has 0 bridgehead atoms. The van der Waals surface area contributed by atoms with Crippen LogP contribution in [0.1, 0.15) is 69.0 Å². The molecule has 0 spiro atoms. The number of fused-ring (bicyclic) bond motifs is 2. The van der Waals surface area contributed by atoms with Crippen LogP contribution in [0.3, 0.4) is 0 Å². The van der Waals surface area contributed by atoms with E-state index in [4.69, 9.17) is 12.3 Å². The number of ether oxygens (including phenoxy) is 2. The minimum Gasteiger partial charge on any atom is -0.395 e. The fourth-order valence-electron chi connectivity index (χ4n) is 4.26. The number of ketones is 1. The Balaban J connectivity index is 1.70. The number of aromatic nitrogens is 1. The molecule has 0 amide bonds. The lowest BCUT2D eigenvalue weighted by molar-refractivity contribution is -0.286. The first-order chi connectivity index (χ1) is 20.9. The van der Waals surface area contributed by atoms with Gasteiger partial charge in [-0.2, -0.15) is 0 Å². The highest BCUT2D eigenvalue weighted by Gasteiger charge is 2.52. The topological polar surface area (TPSA) is 80.9 Å². The summed E-state index contributed by atoms with van der Waals surface area (Å²) in [5.74, 6) is -3.76. The van der Waals surface area contributed by atoms with Gasteiger partial charge in [0.1, 0.15) is 11.6 Å². The summed E-state index contributed by atoms with van der Waals surface area (Å²) in [4.78, 5) is 14.0. The number of rotatable bonds is 9. The number of aliphatic hydroxyl groups is 2. The molecular formula is C28H30F3NO5. The molecule has 1 saturated carbocycles. The van der Waals surface area contributed by atoms with Gasteiger partial charge in [0.2, 0.25) is 0 Å². The molecule has 1 aliphatic heterocycles. The summed E-state index contributed by atoms with van der Waals surface area (Å²) >= 11 is 0. The fourth-order valence-corrected chi connectivity index (χ4v) is 4.26. The average Bonchev–Trinajstić information content (AvgIpc) is 3.18. The van der Waals surface area contributed by atoms with Crippen molar-refractivity contribution >= 4 is 16.7 Å². The smallest absolute Gasteiger partial charge is 0.395 e. The number of carbonyl (C=O) groups is 1. The first kappa shape index (κ1) is 16.7. The predicted octanol–water partition coefficient (Wildman–Crippen LogP) is 4.99. The van der Waals surface area contributed by atoms with E-state index in [0.717, 1.165) is 22.8 Å². The lowest BCUT2D eigenvalue weighted by Gasteiger charge is -2.26. The fraction of sp³-hybridized carbons (Fsp3) is 0.464. The Labute approximate surface area is 225 Å². The Bertz CT molecular complexity index is 1770. The van der Waals surface area contributed by atoms with Gasteiger partial charge in [-0.15, -0.1) is 8.78 Å². The van der Waals surface area contributed by atoms with E-state index in [1.807, 2.05) is 0 Å². The number of halogens is 3. The molecule has 2 aliphatic rings. The van der Waals surface area contributed by atoms with Gasteiger partial charge in [0.25, 0.3) is 0 Å². The number of hydrogen-bond donors (Lipinski definition) is 2. The van der Waals surface area contributed by atoms with E-state index >= 15 is 4.39 Å². The van der Waals surface area contributed by atoms with Gasteiger partial charge >= 0.3 is 6.29 Å². The third-order valence-corrected chi connectivity index (χ3v) is 6.57. The van der Waals surface area contributed by atoms with Gasteiger partial charge in [0.05, 0.1) is 34.3 Å². The van der Waals surface area contributed by atoms with Gasteiger partial charge in [-0.05, 0) is 60.5 Å². The first-order valence-electron chi connectivity index (χ1n) is 15.9. The van der Waals surface area contributed by atoms with E-state index in [0.29, 0.717) is 0 Å². The van der Waals surface area contributed by atoms with E-state index in [2.05, 4.69) is 9.47 Å². The van der Waals surface area contributed by atoms with Crippen molar-refractivity contribution in [2.45, 2.75) is 76.1 Å². The zero-order valence-corrected chi connectivity index (χ0v) is 20.1. The summed E-state index contributed by atoms with van der Waals surface area (Å²) in [6.45, 7) is 2.80. The summed E-state index contributed by atoms with van der Waals surface area (Å²) in [7, 11) is 0. The second kappa shape index (κ2) is 8.77. The standard InChI is InChI=1S/C28H30F3NO5/c1-4-26(2,3)24-10-17-9-16(20(29)13-21(17)32(24)14-19(34)15-33)11-25(35)27(7-8-27)18-5-6-22-23(12-18)37-28(30,31)36-22/h5-6,9-10,12-13,19,33-34H,4,7-8,11,14-15H2,1-3H3/t19-/m1/s1/i4D2,7D2,8D2,9D,10D,13D. The lowest BCUT2D eigenvalue weighted by Crippen LogP contribution is -2.26. The van der Waals surface area contributed by atoms with Crippen LogP contribution in [-0.2, 0) is 28.6 Å². The van der Waals surface area contributed by atoms with E-state index in [9.17, 15) is 23.8 Å². The SMILES string of the molecule is [2H]c1c(CC(=O)C2(c3ccc4c(c3)OC(F)(F)O4)C([2H])([2H])C2([2H])[2H])c(F)c([2H])c2c1c([2H])c(C(C)(C)C([2H])([2H])C)n2C[C@@H](O)CO. The van der Waals surface area contributed by atoms with Crippen molar-refractivity contribution in [3.05, 3.63) is 59.0 Å². The molecule has 9 heteroatoms. The van der Waals surface area contributed by atoms with E-state index in [-0.39, 0.29) is 16.6 Å². The summed E-state index contributed by atoms with van der Waals surface area (Å²) in [6.07, 6.45) is -14.6. The molecule has 1 atom stereocenters. The number of carbonyl (C=O) groups excluding carboxylic acids is 1. The molecule has 1 aromatic heterocycles. The number of nitrogens with zero attached hydrogens (tertiary/aromatic N) is 1. The highest BCUT2D eigenvalue weighted by atomic mass is 19.3. The summed E-state index contributed by atoms with van der Waals surface area (Å²) in [5.41, 5.74) is -5.92. The number of hydrogen-bond acceptors (Lipinski definition) is 5. The maximum absolute atomic E-state index is 16.1. The Morgan fingerprint density at radius 3 is 2.62 bits per heavy atom. The predicted molar refractivity (Wildman–Crippen MR) is 131 cm³/mol. The minimum absolute atomic E-state index is 0.129. The highest BCUT2D eigenvalue weighted by Crippen LogP contribution is 2.52. The van der Waals surface area contributed by atoms with Crippen LogP contribution in [0, 0.1) is 5.82 Å². The maximum Gasteiger partial charge on any atom is 0.586 e. The molecule has 198 valence electrons. The van der Waals surface area contributed by atoms with Crippen LogP contribution in [0.5, 0.6) is 11.5 Å². The molecule has 6 nitrogen and oxygen atoms in total. The molecule has 1 aliphatic carbocycles. The van der Waals surface area contributed by atoms with Crippen molar-refractivity contribution < 1.29 is 50.0 Å². The van der Waals surface area contributed by atoms with Gasteiger partial charge in [0, 0.05) is 31.1 Å². The van der Waals surface area contributed by atoms with Crippen LogP contribution in [0.15, 0.2) is 36.3 Å². The van der Waals surface area contributed by atoms with Crippen molar-refractivity contribution in [2.75, 3.05) is 6.61 Å². The summed E-state index contributed by atoms with van der Waals surface area (Å²) < 4.78 is 130. The molecule has 2 N–H and O–H groups in total. The molecule has 37 heavy (non-hydrogen) atoms. The van der Waals surface area contributed by atoms with Crippen LogP contribution in [0.2, 0.25) is 0 Å². The van der Waals surface area contributed by atoms with E-state index in [1.165, 1.54) is 20.8 Å². The lowest BCUT2D eigenvalue weighted by atomic mass is 9.86. The van der Waals surface area contributed by atoms with Gasteiger partial charge in [-0.1, -0.05) is 26.8 Å². The Morgan fingerprint density at radius 2 is 1.97 bits per heavy atom. The molecular weight excluding hydrogens is 487 g/mol. The Kier molecular flexibility index (Phi) is 3.97. The molecule has 2 aromatic carbocycles. The molecule has 2 heterocycles. The number of benzene rings is 2. The molecule has 3 aromatic rings. The zero-order chi connectivity index (χ0) is 34.7. The van der Waals surface area contributed by atoms with Crippen LogP contribution < -0.4 is 9.47 Å². The number of Topliss-reactive ketones (excluding diaryl/α,β-unsaturated/α-hetero) is 1. The van der Waals surface area contributed by atoms with Crippen molar-refractivity contribution in [3.8, 4) is 11.5 Å². The molecule has 0 saturated heterocycles. The largest absolute Gasteiger partial charge is 0.586 e. The van der Waals surface area contributed by atoms with Gasteiger partial charge in [-0.25, -0.2) is 4.39 Å². The molecule has 5 rings (SSSR count). The Hall–Kier alpha value is -3.04. The van der Waals surface area contributed by atoms with Crippen molar-refractivity contribution in [2.24, 2.45) is 0 Å². The van der Waals surface area contributed by atoms with Crippen molar-refractivity contribution in [3.63, 3.8) is 0 Å². The highest BCUT2D eigenvalue weighted by molar-refractivity contribution is 5.95.